The largest absolute Gasteiger partial charge is 0.483 e. The molecule has 1 aliphatic heterocycles. The highest BCUT2D eigenvalue weighted by Crippen LogP contribution is 2.33. The average molecular weight is 600 g/mol. The van der Waals surface area contributed by atoms with E-state index in [1.807, 2.05) is 50.2 Å². The van der Waals surface area contributed by atoms with Crippen LogP contribution in [0.15, 0.2) is 95.9 Å². The van der Waals surface area contributed by atoms with E-state index in [2.05, 4.69) is 10.0 Å². The van der Waals surface area contributed by atoms with E-state index in [4.69, 9.17) is 9.47 Å². The Bertz CT molecular complexity index is 1760. The second-order valence-corrected chi connectivity index (χ2v) is 12.1. The lowest BCUT2D eigenvalue weighted by Gasteiger charge is -2.34. The minimum absolute atomic E-state index is 0.0140. The summed E-state index contributed by atoms with van der Waals surface area (Å²) in [6.07, 6.45) is -0.904. The van der Waals surface area contributed by atoms with Crippen LogP contribution >= 0.6 is 0 Å². The standard InChI is InChI=1S/C33H33N3O6S/c1-22-13-14-26(17-23(22)2)35-43(39,40)27-15-16-29(24(3)18-27)41-21-32(37)36-20-31(42-30-12-8-7-11-28(30)36)33(38)34-19-25-9-5-4-6-10-25/h4-18,31,35H,19-21H2,1-3H3,(H,34,38)/t31-/m1/s1. The summed E-state index contributed by atoms with van der Waals surface area (Å²) in [5.41, 5.74) is 4.56. The first-order valence-corrected chi connectivity index (χ1v) is 15.3. The lowest BCUT2D eigenvalue weighted by atomic mass is 10.1. The molecule has 0 radical (unpaired) electrons. The summed E-state index contributed by atoms with van der Waals surface area (Å²) in [4.78, 5) is 27.9. The third-order valence-corrected chi connectivity index (χ3v) is 8.62. The van der Waals surface area contributed by atoms with Crippen molar-refractivity contribution in [3.8, 4) is 11.5 Å². The summed E-state index contributed by atoms with van der Waals surface area (Å²) in [5, 5.41) is 2.87. The zero-order valence-electron chi connectivity index (χ0n) is 24.2. The fourth-order valence-corrected chi connectivity index (χ4v) is 5.83. The SMILES string of the molecule is Cc1ccc(NS(=O)(=O)c2ccc(OCC(=O)N3C[C@H](C(=O)NCc4ccccc4)Oc4ccccc43)c(C)c2)cc1C. The molecule has 43 heavy (non-hydrogen) atoms. The van der Waals surface area contributed by atoms with Gasteiger partial charge in [0.15, 0.2) is 12.7 Å². The molecule has 1 aliphatic rings. The van der Waals surface area contributed by atoms with Gasteiger partial charge in [-0.2, -0.15) is 0 Å². The minimum Gasteiger partial charge on any atom is -0.483 e. The summed E-state index contributed by atoms with van der Waals surface area (Å²) >= 11 is 0. The molecule has 4 aromatic rings. The van der Waals surface area contributed by atoms with E-state index in [-0.39, 0.29) is 29.9 Å². The number of hydrogen-bond acceptors (Lipinski definition) is 6. The zero-order valence-corrected chi connectivity index (χ0v) is 25.0. The molecule has 0 saturated heterocycles. The third-order valence-electron chi connectivity index (χ3n) is 7.24. The molecule has 9 nitrogen and oxygen atoms in total. The maximum absolute atomic E-state index is 13.4. The number of benzene rings is 4. The Morgan fingerprint density at radius 1 is 0.884 bits per heavy atom. The molecule has 5 rings (SSSR count). The van der Waals surface area contributed by atoms with Crippen molar-refractivity contribution in [1.29, 1.82) is 0 Å². The van der Waals surface area contributed by atoms with Crippen molar-refractivity contribution in [2.75, 3.05) is 22.8 Å². The van der Waals surface area contributed by atoms with Gasteiger partial charge in [-0.25, -0.2) is 8.42 Å². The highest BCUT2D eigenvalue weighted by Gasteiger charge is 2.34. The van der Waals surface area contributed by atoms with Crippen molar-refractivity contribution >= 4 is 33.2 Å². The molecule has 0 saturated carbocycles. The number of sulfonamides is 1. The lowest BCUT2D eigenvalue weighted by molar-refractivity contribution is -0.128. The number of ether oxygens (including phenoxy) is 2. The van der Waals surface area contributed by atoms with E-state index in [9.17, 15) is 18.0 Å². The Labute approximate surface area is 251 Å². The van der Waals surface area contributed by atoms with Gasteiger partial charge in [0.25, 0.3) is 21.8 Å². The molecule has 0 aromatic heterocycles. The second kappa shape index (κ2) is 12.6. The van der Waals surface area contributed by atoms with Crippen molar-refractivity contribution in [2.24, 2.45) is 0 Å². The summed E-state index contributed by atoms with van der Waals surface area (Å²) < 4.78 is 40.4. The van der Waals surface area contributed by atoms with Crippen molar-refractivity contribution in [1.82, 2.24) is 5.32 Å². The van der Waals surface area contributed by atoms with E-state index in [0.717, 1.165) is 16.7 Å². The van der Waals surface area contributed by atoms with Crippen molar-refractivity contribution in [3.05, 3.63) is 113 Å². The number of nitrogens with one attached hydrogen (secondary N) is 2. The van der Waals surface area contributed by atoms with Gasteiger partial charge in [-0.3, -0.25) is 14.3 Å². The van der Waals surface area contributed by atoms with Gasteiger partial charge in [-0.05, 0) is 85.5 Å². The molecule has 4 aromatic carbocycles. The summed E-state index contributed by atoms with van der Waals surface area (Å²) in [6, 6.07) is 26.4. The van der Waals surface area contributed by atoms with Gasteiger partial charge in [0, 0.05) is 12.2 Å². The quantitative estimate of drug-likeness (QED) is 0.283. The Balaban J connectivity index is 1.25. The average Bonchev–Trinajstić information content (AvgIpc) is 3.00. The van der Waals surface area contributed by atoms with Crippen LogP contribution in [-0.4, -0.2) is 39.5 Å². The van der Waals surface area contributed by atoms with Crippen LogP contribution in [-0.2, 0) is 26.2 Å². The first kappa shape index (κ1) is 29.7. The molecule has 10 heteroatoms. The van der Waals surface area contributed by atoms with Gasteiger partial charge in [-0.15, -0.1) is 0 Å². The minimum atomic E-state index is -3.83. The number of nitrogens with zero attached hydrogens (tertiary/aromatic N) is 1. The van der Waals surface area contributed by atoms with Gasteiger partial charge in [0.1, 0.15) is 11.5 Å². The predicted molar refractivity (Wildman–Crippen MR) is 165 cm³/mol. The van der Waals surface area contributed by atoms with Crippen LogP contribution in [0.25, 0.3) is 0 Å². The first-order chi connectivity index (χ1) is 20.6. The number of rotatable bonds is 9. The highest BCUT2D eigenvalue weighted by molar-refractivity contribution is 7.92. The molecule has 2 N–H and O–H groups in total. The number of anilines is 2. The molecule has 0 unspecified atom stereocenters. The van der Waals surface area contributed by atoms with E-state index >= 15 is 0 Å². The molecule has 1 atom stereocenters. The van der Waals surface area contributed by atoms with Gasteiger partial charge < -0.3 is 19.7 Å². The Morgan fingerprint density at radius 3 is 2.37 bits per heavy atom. The normalized spacial score (nSPS) is 14.3. The van der Waals surface area contributed by atoms with E-state index in [1.165, 1.54) is 23.1 Å². The molecule has 0 fully saturated rings. The van der Waals surface area contributed by atoms with Gasteiger partial charge in [-0.1, -0.05) is 48.5 Å². The van der Waals surface area contributed by atoms with Crippen LogP contribution in [0.2, 0.25) is 0 Å². The second-order valence-electron chi connectivity index (χ2n) is 10.4. The highest BCUT2D eigenvalue weighted by atomic mass is 32.2. The number of amides is 2. The zero-order chi connectivity index (χ0) is 30.6. The molecule has 0 spiro atoms. The number of carbonyl (C=O) groups is 2. The van der Waals surface area contributed by atoms with E-state index in [0.29, 0.717) is 35.0 Å². The van der Waals surface area contributed by atoms with Crippen LogP contribution in [0.4, 0.5) is 11.4 Å². The van der Waals surface area contributed by atoms with Crippen LogP contribution in [0.5, 0.6) is 11.5 Å². The fraction of sp³-hybridized carbons (Fsp3) is 0.212. The number of aryl methyl sites for hydroxylation is 3. The smallest absolute Gasteiger partial charge is 0.265 e. The van der Waals surface area contributed by atoms with Crippen molar-refractivity contribution < 1.29 is 27.5 Å². The van der Waals surface area contributed by atoms with Crippen LogP contribution in [0, 0.1) is 20.8 Å². The van der Waals surface area contributed by atoms with Crippen LogP contribution in [0.1, 0.15) is 22.3 Å². The van der Waals surface area contributed by atoms with E-state index in [1.54, 1.807) is 43.3 Å². The van der Waals surface area contributed by atoms with E-state index < -0.39 is 16.1 Å². The van der Waals surface area contributed by atoms with Gasteiger partial charge in [0.05, 0.1) is 17.1 Å². The molecule has 222 valence electrons. The maximum Gasteiger partial charge on any atom is 0.265 e. The maximum atomic E-state index is 13.4. The molecular formula is C33H33N3O6S. The first-order valence-electron chi connectivity index (χ1n) is 13.8. The molecule has 0 bridgehead atoms. The fourth-order valence-electron chi connectivity index (χ4n) is 4.69. The monoisotopic (exact) mass is 599 g/mol. The molecular weight excluding hydrogens is 566 g/mol. The van der Waals surface area contributed by atoms with Crippen LogP contribution in [0.3, 0.4) is 0 Å². The van der Waals surface area contributed by atoms with Gasteiger partial charge >= 0.3 is 0 Å². The Morgan fingerprint density at radius 2 is 1.63 bits per heavy atom. The van der Waals surface area contributed by atoms with Gasteiger partial charge in [0.2, 0.25) is 0 Å². The third kappa shape index (κ3) is 6.98. The molecule has 0 aliphatic carbocycles. The number of hydrogen-bond donors (Lipinski definition) is 2. The number of fused-ring (bicyclic) bond motifs is 1. The summed E-state index contributed by atoms with van der Waals surface area (Å²) in [5.74, 6) is 0.0874. The van der Waals surface area contributed by atoms with Crippen molar-refractivity contribution in [3.63, 3.8) is 0 Å². The summed E-state index contributed by atoms with van der Waals surface area (Å²) in [6.45, 7) is 5.62. The van der Waals surface area contributed by atoms with Crippen LogP contribution < -0.4 is 24.4 Å². The Kier molecular flexibility index (Phi) is 8.68. The summed E-state index contributed by atoms with van der Waals surface area (Å²) in [7, 11) is -3.83. The molecule has 2 amide bonds. The van der Waals surface area contributed by atoms with Crippen molar-refractivity contribution in [2.45, 2.75) is 38.3 Å². The Hall–Kier alpha value is -4.83. The number of carbonyl (C=O) groups excluding carboxylic acids is 2. The lowest BCUT2D eigenvalue weighted by Crippen LogP contribution is -2.51. The molecule has 1 heterocycles. The predicted octanol–water partition coefficient (Wildman–Crippen LogP) is 4.90. The number of para-hydroxylation sites is 2. The topological polar surface area (TPSA) is 114 Å².